The Morgan fingerprint density at radius 2 is 1.73 bits per heavy atom. The van der Waals surface area contributed by atoms with Crippen molar-refractivity contribution < 1.29 is 19.8 Å². The minimum Gasteiger partial charge on any atom is -0.478 e. The van der Waals surface area contributed by atoms with Crippen molar-refractivity contribution in [1.82, 2.24) is 0 Å². The predicted octanol–water partition coefficient (Wildman–Crippen LogP) is 2.70. The number of benzene rings is 1. The minimum atomic E-state index is -1.39. The van der Waals surface area contributed by atoms with E-state index < -0.39 is 23.1 Å². The Bertz CT molecular complexity index is 454. The van der Waals surface area contributed by atoms with E-state index in [2.05, 4.69) is 0 Å². The van der Waals surface area contributed by atoms with Crippen LogP contribution in [0.25, 0.3) is 0 Å². The number of carboxylic acid groups (broad SMARTS) is 2. The minimum absolute atomic E-state index is 0.127. The molecule has 0 saturated heterocycles. The van der Waals surface area contributed by atoms with Crippen molar-refractivity contribution in [3.05, 3.63) is 32.8 Å². The van der Waals surface area contributed by atoms with Crippen molar-refractivity contribution in [3.63, 3.8) is 0 Å². The highest BCUT2D eigenvalue weighted by Gasteiger charge is 2.22. The zero-order chi connectivity index (χ0) is 11.7. The molecule has 2 N–H and O–H groups in total. The SMILES string of the molecule is Cc1c(Cl)cc(C(=O)O)c(C(=O)O)c1Cl. The summed E-state index contributed by atoms with van der Waals surface area (Å²) in [5.74, 6) is -2.77. The van der Waals surface area contributed by atoms with Crippen LogP contribution in [0.4, 0.5) is 0 Å². The lowest BCUT2D eigenvalue weighted by Gasteiger charge is -2.08. The van der Waals surface area contributed by atoms with Gasteiger partial charge >= 0.3 is 11.9 Å². The van der Waals surface area contributed by atoms with Gasteiger partial charge < -0.3 is 10.2 Å². The van der Waals surface area contributed by atoms with E-state index in [1.807, 2.05) is 0 Å². The van der Waals surface area contributed by atoms with Gasteiger partial charge in [-0.25, -0.2) is 9.59 Å². The molecule has 0 unspecified atom stereocenters. The van der Waals surface area contributed by atoms with Gasteiger partial charge in [0, 0.05) is 5.02 Å². The Hall–Kier alpha value is -1.26. The van der Waals surface area contributed by atoms with Crippen molar-refractivity contribution in [2.24, 2.45) is 0 Å². The second-order valence-electron chi connectivity index (χ2n) is 2.83. The number of hydrogen-bond acceptors (Lipinski definition) is 2. The molecule has 0 aliphatic heterocycles. The average Bonchev–Trinajstić information content (AvgIpc) is 2.12. The van der Waals surface area contributed by atoms with Crippen molar-refractivity contribution >= 4 is 35.1 Å². The highest BCUT2D eigenvalue weighted by Crippen LogP contribution is 2.30. The maximum Gasteiger partial charge on any atom is 0.338 e. The van der Waals surface area contributed by atoms with Gasteiger partial charge in [0.25, 0.3) is 0 Å². The molecule has 4 nitrogen and oxygen atoms in total. The molecular weight excluding hydrogens is 243 g/mol. The van der Waals surface area contributed by atoms with Crippen LogP contribution in [0.2, 0.25) is 10.0 Å². The molecule has 0 fully saturated rings. The largest absolute Gasteiger partial charge is 0.478 e. The number of aromatic carboxylic acids is 2. The van der Waals surface area contributed by atoms with Crippen molar-refractivity contribution in [1.29, 1.82) is 0 Å². The van der Waals surface area contributed by atoms with Gasteiger partial charge in [0.05, 0.1) is 16.1 Å². The van der Waals surface area contributed by atoms with Gasteiger partial charge in [-0.15, -0.1) is 0 Å². The third-order valence-electron chi connectivity index (χ3n) is 1.89. The Balaban J connectivity index is 3.65. The molecule has 1 aromatic carbocycles. The Kier molecular flexibility index (Phi) is 3.21. The fourth-order valence-corrected chi connectivity index (χ4v) is 1.63. The highest BCUT2D eigenvalue weighted by molar-refractivity contribution is 6.38. The smallest absolute Gasteiger partial charge is 0.338 e. The third-order valence-corrected chi connectivity index (χ3v) is 2.76. The number of carbonyl (C=O) groups is 2. The lowest BCUT2D eigenvalue weighted by molar-refractivity contribution is 0.0651. The summed E-state index contributed by atoms with van der Waals surface area (Å²) in [5.41, 5.74) is -0.505. The van der Waals surface area contributed by atoms with Crippen molar-refractivity contribution in [2.75, 3.05) is 0 Å². The molecule has 80 valence electrons. The molecule has 0 radical (unpaired) electrons. The van der Waals surface area contributed by atoms with E-state index in [-0.39, 0.29) is 10.0 Å². The molecule has 1 rings (SSSR count). The van der Waals surface area contributed by atoms with Crippen LogP contribution in [0.1, 0.15) is 26.3 Å². The number of halogens is 2. The Labute approximate surface area is 95.0 Å². The van der Waals surface area contributed by atoms with Crippen LogP contribution in [-0.4, -0.2) is 22.2 Å². The first-order chi connectivity index (χ1) is 6.86. The molecule has 0 aromatic heterocycles. The zero-order valence-electron chi connectivity index (χ0n) is 7.54. The van der Waals surface area contributed by atoms with E-state index in [1.165, 1.54) is 6.92 Å². The van der Waals surface area contributed by atoms with Crippen LogP contribution in [0.15, 0.2) is 6.07 Å². The van der Waals surface area contributed by atoms with E-state index in [9.17, 15) is 9.59 Å². The summed E-state index contributed by atoms with van der Waals surface area (Å²) in [6.07, 6.45) is 0. The van der Waals surface area contributed by atoms with Crippen LogP contribution in [0.3, 0.4) is 0 Å². The van der Waals surface area contributed by atoms with Gasteiger partial charge in [-0.2, -0.15) is 0 Å². The maximum absolute atomic E-state index is 10.8. The second-order valence-corrected chi connectivity index (χ2v) is 3.62. The van der Waals surface area contributed by atoms with Gasteiger partial charge in [0.15, 0.2) is 0 Å². The van der Waals surface area contributed by atoms with E-state index in [0.29, 0.717) is 5.56 Å². The molecule has 15 heavy (non-hydrogen) atoms. The fraction of sp³-hybridized carbons (Fsp3) is 0.111. The molecule has 0 saturated carbocycles. The molecule has 0 heterocycles. The highest BCUT2D eigenvalue weighted by atomic mass is 35.5. The molecule has 6 heteroatoms. The van der Waals surface area contributed by atoms with Crippen LogP contribution in [-0.2, 0) is 0 Å². The second kappa shape index (κ2) is 4.08. The molecular formula is C9H6Cl2O4. The zero-order valence-corrected chi connectivity index (χ0v) is 9.06. The summed E-state index contributed by atoms with van der Waals surface area (Å²) in [7, 11) is 0. The lowest BCUT2D eigenvalue weighted by Crippen LogP contribution is -2.10. The van der Waals surface area contributed by atoms with Gasteiger partial charge in [0.1, 0.15) is 0 Å². The van der Waals surface area contributed by atoms with Crippen LogP contribution < -0.4 is 0 Å². The first kappa shape index (κ1) is 11.8. The van der Waals surface area contributed by atoms with E-state index in [0.717, 1.165) is 6.07 Å². The molecule has 0 amide bonds. The summed E-state index contributed by atoms with van der Waals surface area (Å²) in [6, 6.07) is 1.08. The van der Waals surface area contributed by atoms with E-state index >= 15 is 0 Å². The fourth-order valence-electron chi connectivity index (χ4n) is 1.10. The number of hydrogen-bond donors (Lipinski definition) is 2. The Morgan fingerprint density at radius 3 is 2.13 bits per heavy atom. The summed E-state index contributed by atoms with van der Waals surface area (Å²) >= 11 is 11.4. The average molecular weight is 249 g/mol. The van der Waals surface area contributed by atoms with Gasteiger partial charge in [-0.1, -0.05) is 23.2 Å². The third kappa shape index (κ3) is 2.06. The molecule has 0 aliphatic rings. The summed E-state index contributed by atoms with van der Waals surface area (Å²) in [6.45, 7) is 1.52. The van der Waals surface area contributed by atoms with Crippen molar-refractivity contribution in [2.45, 2.75) is 6.92 Å². The summed E-state index contributed by atoms with van der Waals surface area (Å²) in [4.78, 5) is 21.6. The van der Waals surface area contributed by atoms with Gasteiger partial charge in [-0.3, -0.25) is 0 Å². The lowest BCUT2D eigenvalue weighted by atomic mass is 10.0. The van der Waals surface area contributed by atoms with Crippen LogP contribution in [0.5, 0.6) is 0 Å². The molecule has 0 spiro atoms. The first-order valence-corrected chi connectivity index (χ1v) is 4.57. The predicted molar refractivity (Wildman–Crippen MR) is 55.1 cm³/mol. The van der Waals surface area contributed by atoms with Gasteiger partial charge in [0.2, 0.25) is 0 Å². The van der Waals surface area contributed by atoms with Crippen molar-refractivity contribution in [3.8, 4) is 0 Å². The molecule has 0 aliphatic carbocycles. The number of rotatable bonds is 2. The number of carboxylic acids is 2. The Morgan fingerprint density at radius 1 is 1.20 bits per heavy atom. The monoisotopic (exact) mass is 248 g/mol. The quantitative estimate of drug-likeness (QED) is 0.844. The summed E-state index contributed by atoms with van der Waals surface area (Å²) < 4.78 is 0. The standard InChI is InChI=1S/C9H6Cl2O4/c1-3-5(10)2-4(8(12)13)6(7(3)11)9(14)15/h2H,1H3,(H,12,13)(H,14,15). The van der Waals surface area contributed by atoms with Crippen LogP contribution in [0, 0.1) is 6.92 Å². The van der Waals surface area contributed by atoms with Crippen LogP contribution >= 0.6 is 23.2 Å². The topological polar surface area (TPSA) is 74.6 Å². The normalized spacial score (nSPS) is 10.1. The molecule has 1 aromatic rings. The summed E-state index contributed by atoms with van der Waals surface area (Å²) in [5, 5.41) is 17.6. The molecule has 0 bridgehead atoms. The van der Waals surface area contributed by atoms with E-state index in [1.54, 1.807) is 0 Å². The van der Waals surface area contributed by atoms with E-state index in [4.69, 9.17) is 33.4 Å². The maximum atomic E-state index is 10.8. The molecule has 0 atom stereocenters. The first-order valence-electron chi connectivity index (χ1n) is 3.81. The van der Waals surface area contributed by atoms with Gasteiger partial charge in [-0.05, 0) is 18.6 Å².